The second-order valence-corrected chi connectivity index (χ2v) is 5.32. The molecule has 1 saturated heterocycles. The molecule has 0 radical (unpaired) electrons. The molecule has 1 aliphatic heterocycles. The first-order chi connectivity index (χ1) is 7.92. The van der Waals surface area contributed by atoms with E-state index < -0.39 is 0 Å². The summed E-state index contributed by atoms with van der Waals surface area (Å²) >= 11 is 0. The van der Waals surface area contributed by atoms with E-state index in [1.54, 1.807) is 0 Å². The van der Waals surface area contributed by atoms with E-state index in [0.717, 1.165) is 39.0 Å². The average molecular weight is 245 g/mol. The van der Waals surface area contributed by atoms with Gasteiger partial charge in [0.05, 0.1) is 0 Å². The van der Waals surface area contributed by atoms with Gasteiger partial charge in [0.25, 0.3) is 0 Å². The highest BCUT2D eigenvalue weighted by Crippen LogP contribution is 2.21. The highest BCUT2D eigenvalue weighted by molar-refractivity contribution is 5.68. The van der Waals surface area contributed by atoms with E-state index in [1.807, 2.05) is 25.7 Å². The monoisotopic (exact) mass is 245 g/mol. The molecule has 0 saturated carbocycles. The van der Waals surface area contributed by atoms with Crippen molar-refractivity contribution in [1.82, 2.24) is 4.90 Å². The van der Waals surface area contributed by atoms with E-state index in [4.69, 9.17) is 9.84 Å². The van der Waals surface area contributed by atoms with E-state index in [-0.39, 0.29) is 11.7 Å². The van der Waals surface area contributed by atoms with Crippen molar-refractivity contribution in [2.75, 3.05) is 20.2 Å². The molecule has 17 heavy (non-hydrogen) atoms. The number of aliphatic hydroxyl groups is 1. The molecule has 1 amide bonds. The van der Waals surface area contributed by atoms with Crippen molar-refractivity contribution in [3.05, 3.63) is 0 Å². The van der Waals surface area contributed by atoms with Gasteiger partial charge in [0.1, 0.15) is 5.60 Å². The van der Waals surface area contributed by atoms with Gasteiger partial charge in [-0.2, -0.15) is 0 Å². The van der Waals surface area contributed by atoms with Crippen molar-refractivity contribution in [1.29, 1.82) is 0 Å². The van der Waals surface area contributed by atoms with Crippen LogP contribution in [0.25, 0.3) is 0 Å². The second kappa shape index (κ2) is 7.54. The summed E-state index contributed by atoms with van der Waals surface area (Å²) in [5.74, 6) is 0.795. The van der Waals surface area contributed by atoms with Crippen LogP contribution in [-0.4, -0.2) is 41.9 Å². The third kappa shape index (κ3) is 6.51. The summed E-state index contributed by atoms with van der Waals surface area (Å²) in [5, 5.41) is 7.00. The highest BCUT2D eigenvalue weighted by Gasteiger charge is 2.25. The van der Waals surface area contributed by atoms with Crippen molar-refractivity contribution in [3.8, 4) is 0 Å². The lowest BCUT2D eigenvalue weighted by Crippen LogP contribution is -2.41. The Bertz CT molecular complexity index is 215. The van der Waals surface area contributed by atoms with E-state index in [2.05, 4.69) is 6.92 Å². The summed E-state index contributed by atoms with van der Waals surface area (Å²) in [6, 6.07) is 0. The predicted molar refractivity (Wildman–Crippen MR) is 69.0 cm³/mol. The fraction of sp³-hybridized carbons (Fsp3) is 0.923. The fourth-order valence-electron chi connectivity index (χ4n) is 1.85. The number of aliphatic hydroxyl groups excluding tert-OH is 1. The molecule has 0 bridgehead atoms. The molecule has 0 aliphatic carbocycles. The van der Waals surface area contributed by atoms with Gasteiger partial charge in [-0.3, -0.25) is 0 Å². The molecule has 1 aliphatic rings. The summed E-state index contributed by atoms with van der Waals surface area (Å²) in [7, 11) is 1.00. The predicted octanol–water partition coefficient (Wildman–Crippen LogP) is 2.65. The van der Waals surface area contributed by atoms with Crippen molar-refractivity contribution < 1.29 is 14.6 Å². The molecule has 1 rings (SSSR count). The quantitative estimate of drug-likeness (QED) is 0.772. The molecule has 1 heterocycles. The zero-order valence-corrected chi connectivity index (χ0v) is 11.8. The van der Waals surface area contributed by atoms with E-state index in [1.165, 1.54) is 6.42 Å². The van der Waals surface area contributed by atoms with Gasteiger partial charge in [0.15, 0.2) is 0 Å². The van der Waals surface area contributed by atoms with E-state index >= 15 is 0 Å². The van der Waals surface area contributed by atoms with Gasteiger partial charge < -0.3 is 14.7 Å². The first kappa shape index (κ1) is 16.2. The minimum absolute atomic E-state index is 0.156. The molecule has 0 unspecified atom stereocenters. The van der Waals surface area contributed by atoms with Gasteiger partial charge in [0, 0.05) is 20.2 Å². The van der Waals surface area contributed by atoms with Crippen molar-refractivity contribution in [3.63, 3.8) is 0 Å². The van der Waals surface area contributed by atoms with Gasteiger partial charge in [-0.15, -0.1) is 0 Å². The number of hydrogen-bond donors (Lipinski definition) is 1. The molecule has 1 N–H and O–H groups in total. The lowest BCUT2D eigenvalue weighted by atomic mass is 9.95. The number of likely N-dealkylation sites (tertiary alicyclic amines) is 1. The third-order valence-electron chi connectivity index (χ3n) is 2.84. The number of amides is 1. The normalized spacial score (nSPS) is 17.2. The molecular formula is C13H27NO3. The minimum atomic E-state index is -0.376. The van der Waals surface area contributed by atoms with E-state index in [0.29, 0.717) is 0 Å². The molecule has 4 heteroatoms. The Kier molecular flexibility index (Phi) is 7.19. The number of carbonyl (C=O) groups is 1. The number of rotatable bonds is 1. The third-order valence-corrected chi connectivity index (χ3v) is 2.84. The molecule has 0 aromatic heterocycles. The summed E-state index contributed by atoms with van der Waals surface area (Å²) in [4.78, 5) is 13.5. The maximum absolute atomic E-state index is 11.7. The topological polar surface area (TPSA) is 49.8 Å². The molecule has 0 spiro atoms. The fourth-order valence-corrected chi connectivity index (χ4v) is 1.85. The van der Waals surface area contributed by atoms with Gasteiger partial charge in [-0.25, -0.2) is 4.79 Å². The Morgan fingerprint density at radius 3 is 2.12 bits per heavy atom. The highest BCUT2D eigenvalue weighted by atomic mass is 16.6. The van der Waals surface area contributed by atoms with Crippen LogP contribution in [0.4, 0.5) is 4.79 Å². The Hall–Kier alpha value is -0.770. The zero-order valence-electron chi connectivity index (χ0n) is 11.8. The smallest absolute Gasteiger partial charge is 0.410 e. The zero-order chi connectivity index (χ0) is 13.5. The van der Waals surface area contributed by atoms with Crippen LogP contribution in [0.2, 0.25) is 0 Å². The molecule has 0 atom stereocenters. The Morgan fingerprint density at radius 1 is 1.29 bits per heavy atom. The molecule has 0 aromatic carbocycles. The molecule has 102 valence electrons. The standard InChI is InChI=1S/C12H23NO2.CH4O/c1-5-10-6-8-13(9-7-10)11(14)15-12(2,3)4;1-2/h10H,5-9H2,1-4H3;2H,1H3. The van der Waals surface area contributed by atoms with Gasteiger partial charge in [0.2, 0.25) is 0 Å². The first-order valence-electron chi connectivity index (χ1n) is 6.35. The Morgan fingerprint density at radius 2 is 1.76 bits per heavy atom. The number of piperidine rings is 1. The lowest BCUT2D eigenvalue weighted by molar-refractivity contribution is 0.0183. The summed E-state index contributed by atoms with van der Waals surface area (Å²) in [6.07, 6.45) is 3.31. The van der Waals surface area contributed by atoms with Crippen molar-refractivity contribution in [2.45, 2.75) is 52.6 Å². The van der Waals surface area contributed by atoms with Gasteiger partial charge in [-0.1, -0.05) is 13.3 Å². The van der Waals surface area contributed by atoms with Gasteiger partial charge >= 0.3 is 6.09 Å². The number of hydrogen-bond acceptors (Lipinski definition) is 3. The van der Waals surface area contributed by atoms with Crippen LogP contribution in [0.3, 0.4) is 0 Å². The van der Waals surface area contributed by atoms with Crippen LogP contribution in [0.5, 0.6) is 0 Å². The van der Waals surface area contributed by atoms with Crippen molar-refractivity contribution in [2.24, 2.45) is 5.92 Å². The molecule has 4 nitrogen and oxygen atoms in total. The number of ether oxygens (including phenoxy) is 1. The lowest BCUT2D eigenvalue weighted by Gasteiger charge is -2.33. The van der Waals surface area contributed by atoms with Crippen LogP contribution in [0.15, 0.2) is 0 Å². The summed E-state index contributed by atoms with van der Waals surface area (Å²) in [6.45, 7) is 9.64. The largest absolute Gasteiger partial charge is 0.444 e. The van der Waals surface area contributed by atoms with Gasteiger partial charge in [-0.05, 0) is 39.5 Å². The maximum Gasteiger partial charge on any atom is 0.410 e. The maximum atomic E-state index is 11.7. The number of nitrogens with zero attached hydrogens (tertiary/aromatic N) is 1. The molecular weight excluding hydrogens is 218 g/mol. The molecule has 0 aromatic rings. The van der Waals surface area contributed by atoms with Crippen LogP contribution in [-0.2, 0) is 4.74 Å². The van der Waals surface area contributed by atoms with Crippen LogP contribution in [0.1, 0.15) is 47.0 Å². The van der Waals surface area contributed by atoms with Crippen molar-refractivity contribution >= 4 is 6.09 Å². The summed E-state index contributed by atoms with van der Waals surface area (Å²) < 4.78 is 5.33. The Labute approximate surface area is 105 Å². The van der Waals surface area contributed by atoms with E-state index in [9.17, 15) is 4.79 Å². The number of carbonyl (C=O) groups excluding carboxylic acids is 1. The SMILES string of the molecule is CCC1CCN(C(=O)OC(C)(C)C)CC1.CO. The average Bonchev–Trinajstić information content (AvgIpc) is 2.29. The van der Waals surface area contributed by atoms with Crippen LogP contribution in [0, 0.1) is 5.92 Å². The van der Waals surface area contributed by atoms with Crippen LogP contribution >= 0.6 is 0 Å². The minimum Gasteiger partial charge on any atom is -0.444 e. The second-order valence-electron chi connectivity index (χ2n) is 5.32. The van der Waals surface area contributed by atoms with Crippen LogP contribution < -0.4 is 0 Å². The first-order valence-corrected chi connectivity index (χ1v) is 6.35. The summed E-state index contributed by atoms with van der Waals surface area (Å²) in [5.41, 5.74) is -0.376. The molecule has 1 fully saturated rings. The Balaban J connectivity index is 0.00000121.